The lowest BCUT2D eigenvalue weighted by atomic mass is 9.90. The standard InChI is InChI=1S/C18H16BrClN3O/c19-14-3-1-2-13(10-14)12-6-8-22(9-7-12)23-17-5-4-15(20)11-16(17)21-18(23)24/h1-5,10-12H,6-9H2. The van der Waals surface area contributed by atoms with Crippen LogP contribution in [0.15, 0.2) is 46.9 Å². The van der Waals surface area contributed by atoms with Gasteiger partial charge < -0.3 is 0 Å². The molecule has 0 aliphatic carbocycles. The molecule has 0 saturated carbocycles. The molecule has 4 rings (SSSR count). The Morgan fingerprint density at radius 2 is 1.92 bits per heavy atom. The van der Waals surface area contributed by atoms with E-state index in [2.05, 4.69) is 44.5 Å². The summed E-state index contributed by atoms with van der Waals surface area (Å²) in [6, 6.07) is 13.7. The number of rotatable bonds is 2. The van der Waals surface area contributed by atoms with E-state index in [1.165, 1.54) is 5.56 Å². The third-order valence-corrected chi connectivity index (χ3v) is 5.37. The van der Waals surface area contributed by atoms with Gasteiger partial charge in [0.15, 0.2) is 0 Å². The first-order valence-corrected chi connectivity index (χ1v) is 9.14. The van der Waals surface area contributed by atoms with Crippen molar-refractivity contribution >= 4 is 44.9 Å². The van der Waals surface area contributed by atoms with Crippen LogP contribution in [0.3, 0.4) is 0 Å². The van der Waals surface area contributed by atoms with E-state index >= 15 is 0 Å². The van der Waals surface area contributed by atoms with Gasteiger partial charge in [-0.2, -0.15) is 5.32 Å². The predicted molar refractivity (Wildman–Crippen MR) is 98.8 cm³/mol. The van der Waals surface area contributed by atoms with Crippen molar-refractivity contribution in [1.82, 2.24) is 10.3 Å². The molecule has 1 radical (unpaired) electrons. The third-order valence-electron chi connectivity index (χ3n) is 4.64. The molecule has 123 valence electrons. The van der Waals surface area contributed by atoms with Gasteiger partial charge in [0, 0.05) is 22.6 Å². The average Bonchev–Trinajstić information content (AvgIpc) is 2.90. The van der Waals surface area contributed by atoms with Gasteiger partial charge >= 0.3 is 6.03 Å². The molecule has 0 atom stereocenters. The molecule has 2 aromatic rings. The lowest BCUT2D eigenvalue weighted by molar-refractivity contribution is 0.188. The Morgan fingerprint density at radius 3 is 2.67 bits per heavy atom. The number of carbonyl (C=O) groups excluding carboxylic acids is 1. The van der Waals surface area contributed by atoms with Crippen LogP contribution in [-0.2, 0) is 0 Å². The topological polar surface area (TPSA) is 37.7 Å². The maximum atomic E-state index is 12.3. The molecule has 0 aromatic heterocycles. The maximum Gasteiger partial charge on any atom is 0.363 e. The van der Waals surface area contributed by atoms with E-state index in [1.807, 2.05) is 12.1 Å². The largest absolute Gasteiger partial charge is 0.363 e. The molecular weight excluding hydrogens is 390 g/mol. The Hall–Kier alpha value is -1.56. The number of halogens is 2. The van der Waals surface area contributed by atoms with Crippen LogP contribution in [-0.4, -0.2) is 24.1 Å². The SMILES string of the molecule is O=C1[N]c2cc(Cl)ccc2N1N1CCC(c2cccc(Br)c2)CC1. The molecule has 2 aliphatic heterocycles. The van der Waals surface area contributed by atoms with Crippen molar-refractivity contribution in [2.45, 2.75) is 18.8 Å². The van der Waals surface area contributed by atoms with Crippen LogP contribution < -0.4 is 10.3 Å². The van der Waals surface area contributed by atoms with Gasteiger partial charge in [0.05, 0.1) is 11.4 Å². The number of anilines is 1. The van der Waals surface area contributed by atoms with Gasteiger partial charge in [-0.15, -0.1) is 0 Å². The van der Waals surface area contributed by atoms with Crippen LogP contribution in [0.4, 0.5) is 16.2 Å². The lowest BCUT2D eigenvalue weighted by Crippen LogP contribution is -2.49. The Morgan fingerprint density at radius 1 is 1.12 bits per heavy atom. The number of hydrogen-bond acceptors (Lipinski definition) is 2. The van der Waals surface area contributed by atoms with E-state index in [0.29, 0.717) is 16.6 Å². The number of piperidine rings is 1. The van der Waals surface area contributed by atoms with Crippen molar-refractivity contribution in [1.29, 1.82) is 0 Å². The van der Waals surface area contributed by atoms with Crippen LogP contribution in [0.2, 0.25) is 5.02 Å². The van der Waals surface area contributed by atoms with Crippen LogP contribution in [0.5, 0.6) is 0 Å². The highest BCUT2D eigenvalue weighted by atomic mass is 79.9. The number of hydrogen-bond donors (Lipinski definition) is 0. The van der Waals surface area contributed by atoms with Gasteiger partial charge in [-0.05, 0) is 54.7 Å². The van der Waals surface area contributed by atoms with Gasteiger partial charge in [-0.25, -0.2) is 14.8 Å². The minimum Gasteiger partial charge on any atom is -0.244 e. The molecule has 6 heteroatoms. The summed E-state index contributed by atoms with van der Waals surface area (Å²) in [4.78, 5) is 12.3. The highest BCUT2D eigenvalue weighted by Crippen LogP contribution is 2.38. The Kier molecular flexibility index (Phi) is 4.24. The van der Waals surface area contributed by atoms with Crippen molar-refractivity contribution in [2.24, 2.45) is 0 Å². The fourth-order valence-corrected chi connectivity index (χ4v) is 4.04. The summed E-state index contributed by atoms with van der Waals surface area (Å²) in [5.41, 5.74) is 2.83. The van der Waals surface area contributed by atoms with Crippen molar-refractivity contribution in [3.8, 4) is 0 Å². The van der Waals surface area contributed by atoms with Crippen molar-refractivity contribution in [2.75, 3.05) is 18.1 Å². The first kappa shape index (κ1) is 15.9. The van der Waals surface area contributed by atoms with E-state index in [0.717, 1.165) is 36.1 Å². The van der Waals surface area contributed by atoms with Crippen LogP contribution in [0.25, 0.3) is 0 Å². The number of nitrogens with zero attached hydrogens (tertiary/aromatic N) is 3. The molecule has 24 heavy (non-hydrogen) atoms. The van der Waals surface area contributed by atoms with Crippen molar-refractivity contribution in [3.05, 3.63) is 57.5 Å². The molecule has 1 saturated heterocycles. The summed E-state index contributed by atoms with van der Waals surface area (Å²) in [5, 5.41) is 8.51. The number of fused-ring (bicyclic) bond motifs is 1. The second-order valence-electron chi connectivity index (χ2n) is 6.12. The highest BCUT2D eigenvalue weighted by molar-refractivity contribution is 9.10. The van der Waals surface area contributed by atoms with E-state index in [9.17, 15) is 4.79 Å². The van der Waals surface area contributed by atoms with Gasteiger partial charge in [0.2, 0.25) is 0 Å². The lowest BCUT2D eigenvalue weighted by Gasteiger charge is -2.37. The van der Waals surface area contributed by atoms with Gasteiger partial charge in [0.1, 0.15) is 0 Å². The van der Waals surface area contributed by atoms with E-state index < -0.39 is 0 Å². The summed E-state index contributed by atoms with van der Waals surface area (Å²) in [6.07, 6.45) is 2.03. The molecule has 2 amide bonds. The van der Waals surface area contributed by atoms with Crippen molar-refractivity contribution < 1.29 is 4.79 Å². The molecule has 1 fully saturated rings. The molecule has 0 spiro atoms. The van der Waals surface area contributed by atoms with Crippen LogP contribution in [0.1, 0.15) is 24.3 Å². The second kappa shape index (κ2) is 6.39. The predicted octanol–water partition coefficient (Wildman–Crippen LogP) is 5.07. The third kappa shape index (κ3) is 2.92. The Balaban J connectivity index is 1.50. The summed E-state index contributed by atoms with van der Waals surface area (Å²) in [6.45, 7) is 1.67. The van der Waals surface area contributed by atoms with Crippen LogP contribution in [0, 0.1) is 0 Å². The molecule has 0 bridgehead atoms. The highest BCUT2D eigenvalue weighted by Gasteiger charge is 2.35. The number of urea groups is 1. The number of amides is 2. The van der Waals surface area contributed by atoms with Gasteiger partial charge in [0.25, 0.3) is 0 Å². The summed E-state index contributed by atoms with van der Waals surface area (Å²) >= 11 is 9.54. The van der Waals surface area contributed by atoms with Gasteiger partial charge in [-0.1, -0.05) is 39.7 Å². The molecule has 0 N–H and O–H groups in total. The number of hydrazine groups is 1. The molecule has 4 nitrogen and oxygen atoms in total. The summed E-state index contributed by atoms with van der Waals surface area (Å²) in [7, 11) is 0. The number of carbonyl (C=O) groups is 1. The zero-order chi connectivity index (χ0) is 16.7. The fraction of sp³-hybridized carbons (Fsp3) is 0.278. The first-order chi connectivity index (χ1) is 11.6. The maximum absolute atomic E-state index is 12.3. The number of benzene rings is 2. The monoisotopic (exact) mass is 404 g/mol. The van der Waals surface area contributed by atoms with Gasteiger partial charge in [-0.3, -0.25) is 0 Å². The quantitative estimate of drug-likeness (QED) is 0.699. The minimum absolute atomic E-state index is 0.229. The molecule has 2 heterocycles. The van der Waals surface area contributed by atoms with Crippen LogP contribution >= 0.6 is 27.5 Å². The molecule has 0 unspecified atom stereocenters. The normalized spacial score (nSPS) is 18.6. The van der Waals surface area contributed by atoms with E-state index in [1.54, 1.807) is 17.1 Å². The Bertz CT molecular complexity index is 790. The Labute approximate surface area is 154 Å². The zero-order valence-corrected chi connectivity index (χ0v) is 15.3. The van der Waals surface area contributed by atoms with E-state index in [4.69, 9.17) is 11.6 Å². The molecular formula is C18H16BrClN3O. The minimum atomic E-state index is -0.229. The van der Waals surface area contributed by atoms with E-state index in [-0.39, 0.29) is 6.03 Å². The molecule has 2 aliphatic rings. The molecule has 2 aromatic carbocycles. The summed E-state index contributed by atoms with van der Waals surface area (Å²) in [5.74, 6) is 0.526. The first-order valence-electron chi connectivity index (χ1n) is 7.97. The fourth-order valence-electron chi connectivity index (χ4n) is 3.45. The van der Waals surface area contributed by atoms with Crippen molar-refractivity contribution in [3.63, 3.8) is 0 Å². The average molecular weight is 406 g/mol. The smallest absolute Gasteiger partial charge is 0.244 e. The zero-order valence-electron chi connectivity index (χ0n) is 13.0. The summed E-state index contributed by atoms with van der Waals surface area (Å²) < 4.78 is 1.11. The second-order valence-corrected chi connectivity index (χ2v) is 7.47.